The topological polar surface area (TPSA) is 0 Å². The number of hydrogen-bond acceptors (Lipinski definition) is 0. The van der Waals surface area contributed by atoms with Crippen molar-refractivity contribution in [3.8, 4) is 0 Å². The SMILES string of the molecule is c1ccc2cc3cc4cc5ccccc5cc4cc3cc2c1.c1ccc2cc3cc4cc5ccccc5cc4cc3cc2c1. The molecular formula is C44H28. The molecule has 0 N–H and O–H groups in total. The Kier molecular flexibility index (Phi) is 5.61. The molecule has 0 heteroatoms. The maximum atomic E-state index is 2.31. The van der Waals surface area contributed by atoms with Crippen LogP contribution in [0, 0.1) is 0 Å². The van der Waals surface area contributed by atoms with Crippen LogP contribution in [0.5, 0.6) is 0 Å². The summed E-state index contributed by atoms with van der Waals surface area (Å²) in [5.41, 5.74) is 0. The van der Waals surface area contributed by atoms with Gasteiger partial charge in [0, 0.05) is 0 Å². The first kappa shape index (κ1) is 24.8. The van der Waals surface area contributed by atoms with Crippen LogP contribution in [-0.4, -0.2) is 0 Å². The fraction of sp³-hybridized carbons (Fsp3) is 0. The molecule has 10 rings (SSSR count). The highest BCUT2D eigenvalue weighted by atomic mass is 14.1. The lowest BCUT2D eigenvalue weighted by Crippen LogP contribution is -1.80. The average molecular weight is 557 g/mol. The summed E-state index contributed by atoms with van der Waals surface area (Å²) in [5, 5.41) is 20.9. The minimum atomic E-state index is 1.30. The summed E-state index contributed by atoms with van der Waals surface area (Å²) in [6.45, 7) is 0. The van der Waals surface area contributed by atoms with E-state index in [1.54, 1.807) is 0 Å². The van der Waals surface area contributed by atoms with Crippen molar-refractivity contribution in [1.82, 2.24) is 0 Å². The first-order valence-corrected chi connectivity index (χ1v) is 15.2. The van der Waals surface area contributed by atoms with Gasteiger partial charge in [0.2, 0.25) is 0 Å². The van der Waals surface area contributed by atoms with Crippen molar-refractivity contribution in [1.29, 1.82) is 0 Å². The molecule has 44 heavy (non-hydrogen) atoms. The lowest BCUT2D eigenvalue weighted by molar-refractivity contribution is 1.78. The van der Waals surface area contributed by atoms with E-state index in [2.05, 4.69) is 170 Å². The quantitative estimate of drug-likeness (QED) is 0.163. The number of rotatable bonds is 0. The van der Waals surface area contributed by atoms with Gasteiger partial charge < -0.3 is 0 Å². The average Bonchev–Trinajstić information content (AvgIpc) is 3.06. The fourth-order valence-electron chi connectivity index (χ4n) is 6.77. The smallest absolute Gasteiger partial charge is 0.0171 e. The monoisotopic (exact) mass is 556 g/mol. The van der Waals surface area contributed by atoms with Gasteiger partial charge in [-0.15, -0.1) is 0 Å². The zero-order valence-electron chi connectivity index (χ0n) is 24.2. The lowest BCUT2D eigenvalue weighted by atomic mass is 9.97. The van der Waals surface area contributed by atoms with Gasteiger partial charge in [0.25, 0.3) is 0 Å². The molecule has 0 aromatic heterocycles. The summed E-state index contributed by atoms with van der Waals surface area (Å²) in [6.07, 6.45) is 0. The third-order valence-electron chi connectivity index (χ3n) is 9.05. The molecule has 0 saturated carbocycles. The van der Waals surface area contributed by atoms with Crippen LogP contribution < -0.4 is 0 Å². The fourth-order valence-corrected chi connectivity index (χ4v) is 6.77. The minimum absolute atomic E-state index is 1.30. The predicted molar refractivity (Wildman–Crippen MR) is 193 cm³/mol. The van der Waals surface area contributed by atoms with Crippen molar-refractivity contribution >= 4 is 86.2 Å². The van der Waals surface area contributed by atoms with Gasteiger partial charge in [0.1, 0.15) is 0 Å². The van der Waals surface area contributed by atoms with Gasteiger partial charge in [-0.05, 0) is 159 Å². The second-order valence-corrected chi connectivity index (χ2v) is 11.9. The summed E-state index contributed by atoms with van der Waals surface area (Å²) in [6, 6.07) is 61.8. The zero-order chi connectivity index (χ0) is 29.0. The van der Waals surface area contributed by atoms with Crippen molar-refractivity contribution in [2.75, 3.05) is 0 Å². The highest BCUT2D eigenvalue weighted by Crippen LogP contribution is 2.31. The van der Waals surface area contributed by atoms with Crippen LogP contribution in [0.15, 0.2) is 170 Å². The molecule has 0 amide bonds. The normalized spacial score (nSPS) is 11.6. The van der Waals surface area contributed by atoms with E-state index in [0.29, 0.717) is 0 Å². The van der Waals surface area contributed by atoms with Gasteiger partial charge in [-0.25, -0.2) is 0 Å². The third-order valence-corrected chi connectivity index (χ3v) is 9.05. The maximum absolute atomic E-state index is 2.31. The summed E-state index contributed by atoms with van der Waals surface area (Å²) >= 11 is 0. The van der Waals surface area contributed by atoms with Crippen LogP contribution >= 0.6 is 0 Å². The molecule has 0 radical (unpaired) electrons. The highest BCUT2D eigenvalue weighted by molar-refractivity contribution is 6.09. The molecule has 0 unspecified atom stereocenters. The van der Waals surface area contributed by atoms with E-state index in [-0.39, 0.29) is 0 Å². The van der Waals surface area contributed by atoms with E-state index < -0.39 is 0 Å². The zero-order valence-corrected chi connectivity index (χ0v) is 24.2. The van der Waals surface area contributed by atoms with Crippen molar-refractivity contribution in [3.63, 3.8) is 0 Å². The molecule has 10 aromatic carbocycles. The van der Waals surface area contributed by atoms with Crippen molar-refractivity contribution in [3.05, 3.63) is 170 Å². The molecule has 0 aliphatic rings. The Morgan fingerprint density at radius 3 is 0.386 bits per heavy atom. The van der Waals surface area contributed by atoms with Crippen LogP contribution in [0.2, 0.25) is 0 Å². The number of fused-ring (bicyclic) bond motifs is 8. The molecule has 0 spiro atoms. The highest BCUT2D eigenvalue weighted by Gasteiger charge is 2.04. The van der Waals surface area contributed by atoms with Gasteiger partial charge in [-0.1, -0.05) is 97.1 Å². The van der Waals surface area contributed by atoms with Crippen molar-refractivity contribution in [2.24, 2.45) is 0 Å². The largest absolute Gasteiger partial charge is 0.0616 e. The molecule has 0 aliphatic carbocycles. The third kappa shape index (κ3) is 4.32. The van der Waals surface area contributed by atoms with Gasteiger partial charge >= 0.3 is 0 Å². The molecule has 0 atom stereocenters. The maximum Gasteiger partial charge on any atom is -0.0171 e. The van der Waals surface area contributed by atoms with E-state index in [1.807, 2.05) is 0 Å². The summed E-state index contributed by atoms with van der Waals surface area (Å²) in [7, 11) is 0. The van der Waals surface area contributed by atoms with Crippen molar-refractivity contribution in [2.45, 2.75) is 0 Å². The van der Waals surface area contributed by atoms with E-state index in [9.17, 15) is 0 Å². The first-order chi connectivity index (χ1) is 21.7. The van der Waals surface area contributed by atoms with Crippen LogP contribution in [0.25, 0.3) is 86.2 Å². The molecule has 0 nitrogen and oxygen atoms in total. The van der Waals surface area contributed by atoms with Gasteiger partial charge in [0.15, 0.2) is 0 Å². The molecule has 0 bridgehead atoms. The Morgan fingerprint density at radius 1 is 0.136 bits per heavy atom. The van der Waals surface area contributed by atoms with Crippen LogP contribution in [-0.2, 0) is 0 Å². The van der Waals surface area contributed by atoms with Gasteiger partial charge in [0.05, 0.1) is 0 Å². The Balaban J connectivity index is 0.000000123. The second kappa shape index (κ2) is 9.93. The second-order valence-electron chi connectivity index (χ2n) is 11.9. The molecule has 204 valence electrons. The molecule has 0 fully saturated rings. The summed E-state index contributed by atoms with van der Waals surface area (Å²) in [4.78, 5) is 0. The van der Waals surface area contributed by atoms with Gasteiger partial charge in [-0.2, -0.15) is 0 Å². The molecule has 0 aliphatic heterocycles. The van der Waals surface area contributed by atoms with E-state index in [1.165, 1.54) is 86.2 Å². The Hall–Kier alpha value is -5.72. The summed E-state index contributed by atoms with van der Waals surface area (Å²) < 4.78 is 0. The molecule has 0 saturated heterocycles. The van der Waals surface area contributed by atoms with E-state index in [0.717, 1.165) is 0 Å². The first-order valence-electron chi connectivity index (χ1n) is 15.2. The Morgan fingerprint density at radius 2 is 0.250 bits per heavy atom. The predicted octanol–water partition coefficient (Wildman–Crippen LogP) is 12.6. The van der Waals surface area contributed by atoms with Crippen LogP contribution in [0.3, 0.4) is 0 Å². The molecule has 10 aromatic rings. The summed E-state index contributed by atoms with van der Waals surface area (Å²) in [5.74, 6) is 0. The number of benzene rings is 10. The van der Waals surface area contributed by atoms with E-state index >= 15 is 0 Å². The van der Waals surface area contributed by atoms with Crippen molar-refractivity contribution < 1.29 is 0 Å². The molecular weight excluding hydrogens is 528 g/mol. The standard InChI is InChI=1S/2C22H14/c2*1-2-6-16-10-20-14-22-12-18-8-4-3-7-17(18)11-21(22)13-19(20)9-15(16)5-1/h2*1-14H. The number of hydrogen-bond donors (Lipinski definition) is 0. The Bertz CT molecular complexity index is 2160. The lowest BCUT2D eigenvalue weighted by Gasteiger charge is -2.07. The van der Waals surface area contributed by atoms with E-state index in [4.69, 9.17) is 0 Å². The van der Waals surface area contributed by atoms with Crippen LogP contribution in [0.4, 0.5) is 0 Å². The van der Waals surface area contributed by atoms with Crippen LogP contribution in [0.1, 0.15) is 0 Å². The molecule has 0 heterocycles. The Labute approximate surface area is 255 Å². The van der Waals surface area contributed by atoms with Gasteiger partial charge in [-0.3, -0.25) is 0 Å². The minimum Gasteiger partial charge on any atom is -0.0616 e.